The fraction of sp³-hybridized carbons (Fsp3) is 0.429. The number of anilines is 1. The number of carboxylic acids is 1. The number of carboxylic acid groups (broad SMARTS) is 1. The van der Waals surface area contributed by atoms with Gasteiger partial charge in [0, 0.05) is 24.2 Å². The summed E-state index contributed by atoms with van der Waals surface area (Å²) in [6.45, 7) is 3.69. The summed E-state index contributed by atoms with van der Waals surface area (Å²) in [4.78, 5) is 24.4. The number of carbonyl (C=O) groups excluding carboxylic acids is 1. The number of benzene rings is 1. The Kier molecular flexibility index (Phi) is 5.06. The third-order valence-electron chi connectivity index (χ3n) is 2.53. The molecule has 19 heavy (non-hydrogen) atoms. The molecule has 0 aliphatic heterocycles. The lowest BCUT2D eigenvalue weighted by Gasteiger charge is -2.26. The molecule has 0 heterocycles. The molecule has 5 nitrogen and oxygen atoms in total. The number of carbonyl (C=O) groups is 2. The Morgan fingerprint density at radius 3 is 2.32 bits per heavy atom. The Hall–Kier alpha value is -1.88. The van der Waals surface area contributed by atoms with Crippen molar-refractivity contribution >= 4 is 17.6 Å². The zero-order valence-electron chi connectivity index (χ0n) is 11.3. The molecule has 0 aliphatic carbocycles. The molecule has 0 bridgehead atoms. The minimum Gasteiger partial charge on any atom is -0.481 e. The summed E-state index contributed by atoms with van der Waals surface area (Å²) < 4.78 is 0. The number of hydrogen-bond donors (Lipinski definition) is 2. The molecular formula is C14H20N2O3. The second-order valence-electron chi connectivity index (χ2n) is 5.19. The van der Waals surface area contributed by atoms with Crippen LogP contribution < -0.4 is 10.6 Å². The maximum Gasteiger partial charge on any atom is 0.305 e. The average molecular weight is 264 g/mol. The smallest absolute Gasteiger partial charge is 0.305 e. The van der Waals surface area contributed by atoms with Crippen LogP contribution in [-0.4, -0.2) is 29.1 Å². The van der Waals surface area contributed by atoms with E-state index in [0.717, 1.165) is 0 Å². The van der Waals surface area contributed by atoms with Crippen LogP contribution in [0.25, 0.3) is 0 Å². The van der Waals surface area contributed by atoms with Crippen molar-refractivity contribution in [3.63, 3.8) is 0 Å². The molecule has 5 heteroatoms. The molecule has 0 fully saturated rings. The molecule has 3 N–H and O–H groups in total. The molecule has 104 valence electrons. The van der Waals surface area contributed by atoms with Gasteiger partial charge in [0.1, 0.15) is 0 Å². The summed E-state index contributed by atoms with van der Waals surface area (Å²) in [6, 6.07) is 9.02. The topological polar surface area (TPSA) is 83.6 Å². The largest absolute Gasteiger partial charge is 0.481 e. The van der Waals surface area contributed by atoms with Gasteiger partial charge in [-0.05, 0) is 26.0 Å². The molecule has 0 unspecified atom stereocenters. The van der Waals surface area contributed by atoms with Crippen molar-refractivity contribution < 1.29 is 14.7 Å². The molecule has 0 radical (unpaired) electrons. The Bertz CT molecular complexity index is 438. The van der Waals surface area contributed by atoms with E-state index in [1.54, 1.807) is 26.0 Å². The first-order valence-corrected chi connectivity index (χ1v) is 6.16. The van der Waals surface area contributed by atoms with E-state index in [-0.39, 0.29) is 25.3 Å². The van der Waals surface area contributed by atoms with E-state index in [9.17, 15) is 9.59 Å². The van der Waals surface area contributed by atoms with Crippen LogP contribution in [0.4, 0.5) is 5.69 Å². The van der Waals surface area contributed by atoms with Crippen LogP contribution in [0.2, 0.25) is 0 Å². The second kappa shape index (κ2) is 6.33. The molecule has 0 atom stereocenters. The van der Waals surface area contributed by atoms with Gasteiger partial charge >= 0.3 is 5.97 Å². The molecule has 1 rings (SSSR count). The first-order valence-electron chi connectivity index (χ1n) is 6.16. The van der Waals surface area contributed by atoms with E-state index < -0.39 is 11.5 Å². The quantitative estimate of drug-likeness (QED) is 0.817. The van der Waals surface area contributed by atoms with Gasteiger partial charge in [-0.3, -0.25) is 9.59 Å². The summed E-state index contributed by atoms with van der Waals surface area (Å²) in [6.07, 6.45) is 0.0765. The van der Waals surface area contributed by atoms with Crippen LogP contribution in [0.3, 0.4) is 0 Å². The van der Waals surface area contributed by atoms with Crippen LogP contribution in [0.1, 0.15) is 26.7 Å². The monoisotopic (exact) mass is 264 g/mol. The lowest BCUT2D eigenvalue weighted by Crippen LogP contribution is -2.42. The predicted octanol–water partition coefficient (Wildman–Crippen LogP) is 1.62. The zero-order valence-corrected chi connectivity index (χ0v) is 11.3. The van der Waals surface area contributed by atoms with E-state index >= 15 is 0 Å². The average Bonchev–Trinajstić information content (AvgIpc) is 2.27. The first-order chi connectivity index (χ1) is 8.79. The molecule has 0 saturated carbocycles. The van der Waals surface area contributed by atoms with Crippen LogP contribution in [0.15, 0.2) is 30.3 Å². The normalized spacial score (nSPS) is 11.1. The second-order valence-corrected chi connectivity index (χ2v) is 5.19. The van der Waals surface area contributed by atoms with E-state index in [1.807, 2.05) is 18.2 Å². The zero-order chi connectivity index (χ0) is 14.5. The van der Waals surface area contributed by atoms with Crippen molar-refractivity contribution in [2.75, 3.05) is 11.4 Å². The lowest BCUT2D eigenvalue weighted by atomic mass is 10.0. The fourth-order valence-corrected chi connectivity index (χ4v) is 1.70. The third kappa shape index (κ3) is 5.52. The molecule has 1 aromatic rings. The maximum absolute atomic E-state index is 12.2. The number of nitrogens with two attached hydrogens (primary N) is 1. The van der Waals surface area contributed by atoms with E-state index in [0.29, 0.717) is 5.69 Å². The van der Waals surface area contributed by atoms with Crippen molar-refractivity contribution in [1.29, 1.82) is 0 Å². The van der Waals surface area contributed by atoms with Gasteiger partial charge < -0.3 is 15.7 Å². The van der Waals surface area contributed by atoms with Gasteiger partial charge in [-0.1, -0.05) is 18.2 Å². The van der Waals surface area contributed by atoms with Gasteiger partial charge in [-0.25, -0.2) is 0 Å². The van der Waals surface area contributed by atoms with Crippen molar-refractivity contribution in [3.05, 3.63) is 30.3 Å². The number of nitrogens with zero attached hydrogens (tertiary/aromatic N) is 1. The van der Waals surface area contributed by atoms with Gasteiger partial charge in [0.25, 0.3) is 0 Å². The molecule has 0 saturated heterocycles. The van der Waals surface area contributed by atoms with Gasteiger partial charge in [0.05, 0.1) is 6.42 Å². The Balaban J connectivity index is 2.86. The van der Waals surface area contributed by atoms with Crippen LogP contribution in [-0.2, 0) is 9.59 Å². The Morgan fingerprint density at radius 2 is 1.84 bits per heavy atom. The summed E-state index contributed by atoms with van der Waals surface area (Å²) in [5.74, 6) is -1.10. The molecule has 0 spiro atoms. The van der Waals surface area contributed by atoms with E-state index in [1.165, 1.54) is 4.90 Å². The summed E-state index contributed by atoms with van der Waals surface area (Å²) in [5, 5.41) is 8.76. The van der Waals surface area contributed by atoms with Gasteiger partial charge in [0.2, 0.25) is 5.91 Å². The first kappa shape index (κ1) is 15.2. The highest BCUT2D eigenvalue weighted by atomic mass is 16.4. The van der Waals surface area contributed by atoms with Crippen LogP contribution >= 0.6 is 0 Å². The number of aliphatic carboxylic acids is 1. The van der Waals surface area contributed by atoms with Gasteiger partial charge in [-0.2, -0.15) is 0 Å². The summed E-state index contributed by atoms with van der Waals surface area (Å²) in [7, 11) is 0. The minimum absolute atomic E-state index is 0.0916. The van der Waals surface area contributed by atoms with Crippen molar-refractivity contribution in [2.45, 2.75) is 32.2 Å². The fourth-order valence-electron chi connectivity index (χ4n) is 1.70. The summed E-state index contributed by atoms with van der Waals surface area (Å²) in [5.41, 5.74) is 5.92. The van der Waals surface area contributed by atoms with Gasteiger partial charge in [0.15, 0.2) is 0 Å². The highest BCUT2D eigenvalue weighted by molar-refractivity contribution is 5.94. The number of hydrogen-bond acceptors (Lipinski definition) is 3. The molecular weight excluding hydrogens is 244 g/mol. The highest BCUT2D eigenvalue weighted by Gasteiger charge is 2.23. The number of amides is 1. The number of rotatable bonds is 6. The SMILES string of the molecule is CC(C)(N)CC(=O)N(CCC(=O)O)c1ccccc1. The maximum atomic E-state index is 12.2. The molecule has 1 aromatic carbocycles. The van der Waals surface area contributed by atoms with Crippen LogP contribution in [0, 0.1) is 0 Å². The Labute approximate surface area is 113 Å². The highest BCUT2D eigenvalue weighted by Crippen LogP contribution is 2.17. The lowest BCUT2D eigenvalue weighted by molar-refractivity contribution is -0.136. The van der Waals surface area contributed by atoms with E-state index in [4.69, 9.17) is 10.8 Å². The van der Waals surface area contributed by atoms with Crippen molar-refractivity contribution in [1.82, 2.24) is 0 Å². The Morgan fingerprint density at radius 1 is 1.26 bits per heavy atom. The third-order valence-corrected chi connectivity index (χ3v) is 2.53. The predicted molar refractivity (Wildman–Crippen MR) is 73.9 cm³/mol. The van der Waals surface area contributed by atoms with Crippen molar-refractivity contribution in [2.24, 2.45) is 5.73 Å². The minimum atomic E-state index is -0.930. The van der Waals surface area contributed by atoms with Gasteiger partial charge in [-0.15, -0.1) is 0 Å². The summed E-state index contributed by atoms with van der Waals surface area (Å²) >= 11 is 0. The number of para-hydroxylation sites is 1. The van der Waals surface area contributed by atoms with Crippen molar-refractivity contribution in [3.8, 4) is 0 Å². The standard InChI is InChI=1S/C14H20N2O3/c1-14(2,15)10-12(17)16(9-8-13(18)19)11-6-4-3-5-7-11/h3-7H,8-10,15H2,1-2H3,(H,18,19). The van der Waals surface area contributed by atoms with Crippen LogP contribution in [0.5, 0.6) is 0 Å². The molecule has 0 aromatic heterocycles. The molecule has 1 amide bonds. The van der Waals surface area contributed by atoms with E-state index in [2.05, 4.69) is 0 Å². The molecule has 0 aliphatic rings.